The van der Waals surface area contributed by atoms with Crippen LogP contribution >= 0.6 is 0 Å². The zero-order chi connectivity index (χ0) is 16.2. The molecule has 0 radical (unpaired) electrons. The SMILES string of the molecule is COc1ccc(-c2ocnc2Cc2ccccc2)cc1C(=O)O. The van der Waals surface area contributed by atoms with E-state index in [4.69, 9.17) is 9.15 Å². The van der Waals surface area contributed by atoms with Crippen LogP contribution in [0.4, 0.5) is 0 Å². The lowest BCUT2D eigenvalue weighted by Crippen LogP contribution is -2.01. The van der Waals surface area contributed by atoms with Crippen molar-refractivity contribution in [1.29, 1.82) is 0 Å². The Morgan fingerprint density at radius 3 is 2.70 bits per heavy atom. The third-order valence-electron chi connectivity index (χ3n) is 3.55. The number of carbonyl (C=O) groups is 1. The maximum atomic E-state index is 11.4. The number of hydrogen-bond donors (Lipinski definition) is 1. The van der Waals surface area contributed by atoms with Crippen LogP contribution in [0.1, 0.15) is 21.6 Å². The molecule has 1 N–H and O–H groups in total. The first-order valence-electron chi connectivity index (χ1n) is 7.07. The van der Waals surface area contributed by atoms with Crippen molar-refractivity contribution in [3.8, 4) is 17.1 Å². The van der Waals surface area contributed by atoms with E-state index >= 15 is 0 Å². The lowest BCUT2D eigenvalue weighted by molar-refractivity contribution is 0.0693. The molecule has 0 aliphatic heterocycles. The Kier molecular flexibility index (Phi) is 4.10. The van der Waals surface area contributed by atoms with Crippen LogP contribution < -0.4 is 4.74 Å². The molecular weight excluding hydrogens is 294 g/mol. The third-order valence-corrected chi connectivity index (χ3v) is 3.55. The van der Waals surface area contributed by atoms with Crippen LogP contribution in [0.25, 0.3) is 11.3 Å². The fourth-order valence-electron chi connectivity index (χ4n) is 2.44. The minimum atomic E-state index is -1.05. The molecule has 0 atom stereocenters. The van der Waals surface area contributed by atoms with Crippen LogP contribution in [0.5, 0.6) is 5.75 Å². The predicted molar refractivity (Wildman–Crippen MR) is 84.7 cm³/mol. The topological polar surface area (TPSA) is 72.6 Å². The van der Waals surface area contributed by atoms with Crippen molar-refractivity contribution in [3.63, 3.8) is 0 Å². The summed E-state index contributed by atoms with van der Waals surface area (Å²) in [5.74, 6) is -0.169. The quantitative estimate of drug-likeness (QED) is 0.779. The number of carboxylic acid groups (broad SMARTS) is 1. The Balaban J connectivity index is 1.99. The number of hydrogen-bond acceptors (Lipinski definition) is 4. The Bertz CT molecular complexity index is 824. The standard InChI is InChI=1S/C18H15NO4/c1-22-16-8-7-13(10-14(16)18(20)21)17-15(19-11-23-17)9-12-5-3-2-4-6-12/h2-8,10-11H,9H2,1H3,(H,20,21). The van der Waals surface area contributed by atoms with Gasteiger partial charge in [-0.1, -0.05) is 30.3 Å². The van der Waals surface area contributed by atoms with E-state index in [-0.39, 0.29) is 5.56 Å². The van der Waals surface area contributed by atoms with E-state index in [0.29, 0.717) is 23.5 Å². The largest absolute Gasteiger partial charge is 0.496 e. The number of ether oxygens (including phenoxy) is 1. The van der Waals surface area contributed by atoms with Crippen molar-refractivity contribution in [2.24, 2.45) is 0 Å². The molecule has 0 saturated carbocycles. The van der Waals surface area contributed by atoms with Gasteiger partial charge < -0.3 is 14.3 Å². The van der Waals surface area contributed by atoms with Gasteiger partial charge in [0.15, 0.2) is 12.2 Å². The molecule has 23 heavy (non-hydrogen) atoms. The number of nitrogens with zero attached hydrogens (tertiary/aromatic N) is 1. The first kappa shape index (κ1) is 14.8. The molecule has 0 amide bonds. The van der Waals surface area contributed by atoms with E-state index in [1.807, 2.05) is 30.3 Å². The normalized spacial score (nSPS) is 10.5. The van der Waals surface area contributed by atoms with Gasteiger partial charge in [-0.25, -0.2) is 9.78 Å². The molecule has 0 fully saturated rings. The highest BCUT2D eigenvalue weighted by atomic mass is 16.5. The second kappa shape index (κ2) is 6.36. The smallest absolute Gasteiger partial charge is 0.339 e. The summed E-state index contributed by atoms with van der Waals surface area (Å²) >= 11 is 0. The van der Waals surface area contributed by atoms with Gasteiger partial charge in [0.1, 0.15) is 11.3 Å². The Morgan fingerprint density at radius 1 is 1.22 bits per heavy atom. The molecule has 2 aromatic carbocycles. The second-order valence-electron chi connectivity index (χ2n) is 5.01. The summed E-state index contributed by atoms with van der Waals surface area (Å²) < 4.78 is 10.6. The number of oxazole rings is 1. The summed E-state index contributed by atoms with van der Waals surface area (Å²) in [5.41, 5.74) is 2.62. The van der Waals surface area contributed by atoms with Gasteiger partial charge in [-0.05, 0) is 23.8 Å². The lowest BCUT2D eigenvalue weighted by atomic mass is 10.0. The molecule has 116 valence electrons. The van der Waals surface area contributed by atoms with Crippen LogP contribution in [-0.4, -0.2) is 23.2 Å². The average Bonchev–Trinajstić information content (AvgIpc) is 3.03. The zero-order valence-corrected chi connectivity index (χ0v) is 12.5. The summed E-state index contributed by atoms with van der Waals surface area (Å²) in [5, 5.41) is 9.30. The number of benzene rings is 2. The highest BCUT2D eigenvalue weighted by Gasteiger charge is 2.17. The maximum Gasteiger partial charge on any atom is 0.339 e. The minimum Gasteiger partial charge on any atom is -0.496 e. The molecule has 0 unspecified atom stereocenters. The summed E-state index contributed by atoms with van der Waals surface area (Å²) in [6.45, 7) is 0. The van der Waals surface area contributed by atoms with Crippen molar-refractivity contribution in [2.45, 2.75) is 6.42 Å². The van der Waals surface area contributed by atoms with Gasteiger partial charge in [0, 0.05) is 12.0 Å². The van der Waals surface area contributed by atoms with Gasteiger partial charge in [-0.2, -0.15) is 0 Å². The highest BCUT2D eigenvalue weighted by Crippen LogP contribution is 2.29. The molecule has 0 aliphatic rings. The van der Waals surface area contributed by atoms with Crippen LogP contribution in [0.15, 0.2) is 59.3 Å². The fraction of sp³-hybridized carbons (Fsp3) is 0.111. The van der Waals surface area contributed by atoms with E-state index in [1.54, 1.807) is 12.1 Å². The third kappa shape index (κ3) is 3.08. The number of aromatic nitrogens is 1. The van der Waals surface area contributed by atoms with Crippen molar-refractivity contribution >= 4 is 5.97 Å². The van der Waals surface area contributed by atoms with Gasteiger partial charge in [0.05, 0.1) is 12.8 Å². The molecule has 5 nitrogen and oxygen atoms in total. The summed E-state index contributed by atoms with van der Waals surface area (Å²) in [4.78, 5) is 15.6. The molecule has 3 aromatic rings. The van der Waals surface area contributed by atoms with E-state index in [1.165, 1.54) is 19.6 Å². The van der Waals surface area contributed by atoms with Gasteiger partial charge in [-0.15, -0.1) is 0 Å². The van der Waals surface area contributed by atoms with Crippen LogP contribution in [0, 0.1) is 0 Å². The molecule has 0 spiro atoms. The van der Waals surface area contributed by atoms with E-state index < -0.39 is 5.97 Å². The highest BCUT2D eigenvalue weighted by molar-refractivity contribution is 5.92. The number of methoxy groups -OCH3 is 1. The van der Waals surface area contributed by atoms with Gasteiger partial charge in [-0.3, -0.25) is 0 Å². The predicted octanol–water partition coefficient (Wildman–Crippen LogP) is 3.64. The summed E-state index contributed by atoms with van der Waals surface area (Å²) in [6.07, 6.45) is 1.99. The fourth-order valence-corrected chi connectivity index (χ4v) is 2.44. The first-order valence-corrected chi connectivity index (χ1v) is 7.07. The van der Waals surface area contributed by atoms with Crippen LogP contribution in [0.3, 0.4) is 0 Å². The Morgan fingerprint density at radius 2 is 2.00 bits per heavy atom. The van der Waals surface area contributed by atoms with Crippen LogP contribution in [-0.2, 0) is 6.42 Å². The van der Waals surface area contributed by atoms with Crippen molar-refractivity contribution < 1.29 is 19.1 Å². The lowest BCUT2D eigenvalue weighted by Gasteiger charge is -2.07. The Hall–Kier alpha value is -3.08. The van der Waals surface area contributed by atoms with E-state index in [2.05, 4.69) is 4.98 Å². The molecule has 3 rings (SSSR count). The zero-order valence-electron chi connectivity index (χ0n) is 12.5. The van der Waals surface area contributed by atoms with Crippen molar-refractivity contribution in [2.75, 3.05) is 7.11 Å². The molecular formula is C18H15NO4. The van der Waals surface area contributed by atoms with Gasteiger partial charge >= 0.3 is 5.97 Å². The monoisotopic (exact) mass is 309 g/mol. The average molecular weight is 309 g/mol. The number of rotatable bonds is 5. The van der Waals surface area contributed by atoms with Gasteiger partial charge in [0.2, 0.25) is 0 Å². The molecule has 1 aromatic heterocycles. The van der Waals surface area contributed by atoms with Crippen molar-refractivity contribution in [3.05, 3.63) is 71.7 Å². The Labute approximate surface area is 133 Å². The van der Waals surface area contributed by atoms with E-state index in [0.717, 1.165) is 11.3 Å². The summed E-state index contributed by atoms with van der Waals surface area (Å²) in [7, 11) is 1.44. The van der Waals surface area contributed by atoms with Crippen molar-refractivity contribution in [1.82, 2.24) is 4.98 Å². The second-order valence-corrected chi connectivity index (χ2v) is 5.01. The van der Waals surface area contributed by atoms with Gasteiger partial charge in [0.25, 0.3) is 0 Å². The number of aromatic carboxylic acids is 1. The molecule has 5 heteroatoms. The molecule has 1 heterocycles. The summed E-state index contributed by atoms with van der Waals surface area (Å²) in [6, 6.07) is 14.8. The molecule has 0 aliphatic carbocycles. The molecule has 0 saturated heterocycles. The first-order chi connectivity index (χ1) is 11.2. The minimum absolute atomic E-state index is 0.0899. The molecule has 0 bridgehead atoms. The maximum absolute atomic E-state index is 11.4. The number of carboxylic acids is 1. The van der Waals surface area contributed by atoms with E-state index in [9.17, 15) is 9.90 Å². The van der Waals surface area contributed by atoms with Crippen LogP contribution in [0.2, 0.25) is 0 Å².